The number of furan rings is 1. The Kier molecular flexibility index (Phi) is 3.47. The number of rotatable bonds is 3. The van der Waals surface area contributed by atoms with E-state index in [-0.39, 0.29) is 16.2 Å². The molecule has 0 saturated heterocycles. The Bertz CT molecular complexity index is 680. The predicted molar refractivity (Wildman–Crippen MR) is 70.9 cm³/mol. The molecule has 94 valence electrons. The van der Waals surface area contributed by atoms with Crippen molar-refractivity contribution in [1.29, 1.82) is 0 Å². The minimum Gasteiger partial charge on any atom is -0.494 e. The molecule has 0 aliphatic carbocycles. The van der Waals surface area contributed by atoms with Crippen LogP contribution in [0.1, 0.15) is 18.1 Å². The normalized spacial score (nSPS) is 11.2. The van der Waals surface area contributed by atoms with Crippen LogP contribution >= 0.6 is 12.2 Å². The highest BCUT2D eigenvalue weighted by atomic mass is 32.1. The van der Waals surface area contributed by atoms with Crippen LogP contribution in [0.4, 0.5) is 0 Å². The summed E-state index contributed by atoms with van der Waals surface area (Å²) in [5.74, 6) is -0.133. The highest BCUT2D eigenvalue weighted by Gasteiger charge is 2.08. The van der Waals surface area contributed by atoms with Crippen molar-refractivity contribution in [3.05, 3.63) is 44.8 Å². The molecule has 2 heterocycles. The molecule has 0 saturated carbocycles. The molecule has 0 radical (unpaired) electrons. The summed E-state index contributed by atoms with van der Waals surface area (Å²) in [5, 5.41) is 9.98. The molecule has 0 fully saturated rings. The van der Waals surface area contributed by atoms with Crippen LogP contribution in [-0.4, -0.2) is 14.7 Å². The van der Waals surface area contributed by atoms with Gasteiger partial charge in [0.1, 0.15) is 0 Å². The fourth-order valence-electron chi connectivity index (χ4n) is 1.57. The number of aromatic hydroxyl groups is 1. The van der Waals surface area contributed by atoms with Gasteiger partial charge in [-0.15, -0.1) is 0 Å². The molecular formula is C12H12N2O3S. The van der Waals surface area contributed by atoms with E-state index < -0.39 is 5.56 Å². The van der Waals surface area contributed by atoms with Crippen LogP contribution < -0.4 is 5.56 Å². The highest BCUT2D eigenvalue weighted by Crippen LogP contribution is 2.16. The molecule has 0 aromatic carbocycles. The summed E-state index contributed by atoms with van der Waals surface area (Å²) in [6, 6.07) is 1.75. The largest absolute Gasteiger partial charge is 0.494 e. The van der Waals surface area contributed by atoms with Gasteiger partial charge in [-0.1, -0.05) is 6.08 Å². The fraction of sp³-hybridized carbons (Fsp3) is 0.167. The van der Waals surface area contributed by atoms with Crippen molar-refractivity contribution in [1.82, 2.24) is 9.55 Å². The van der Waals surface area contributed by atoms with Crippen molar-refractivity contribution < 1.29 is 9.52 Å². The van der Waals surface area contributed by atoms with E-state index in [0.717, 1.165) is 5.56 Å². The topological polar surface area (TPSA) is 71.2 Å². The molecule has 0 aliphatic rings. The summed E-state index contributed by atoms with van der Waals surface area (Å²) in [7, 11) is 0. The molecule has 0 spiro atoms. The van der Waals surface area contributed by atoms with E-state index in [2.05, 4.69) is 4.98 Å². The van der Waals surface area contributed by atoms with Crippen molar-refractivity contribution in [3.8, 4) is 5.88 Å². The molecule has 0 aliphatic heterocycles. The Morgan fingerprint density at radius 1 is 1.56 bits per heavy atom. The molecule has 2 N–H and O–H groups in total. The molecule has 0 atom stereocenters. The standard InChI is InChI=1S/C12H12N2O3S/c1-2-14-11(16)9(10(15)13-12(14)18)4-3-8-5-6-17-7-8/h3-7,16H,2H2,1H3,(H,13,15,18). The van der Waals surface area contributed by atoms with E-state index in [4.69, 9.17) is 16.6 Å². The third-order valence-electron chi connectivity index (χ3n) is 2.51. The van der Waals surface area contributed by atoms with Crippen LogP contribution in [0.2, 0.25) is 0 Å². The van der Waals surface area contributed by atoms with Gasteiger partial charge in [0.2, 0.25) is 5.88 Å². The molecule has 2 rings (SSSR count). The molecule has 2 aromatic rings. The SMILES string of the molecule is CCn1c(O)c(C=Cc2ccoc2)c(=O)[nH]c1=S. The Morgan fingerprint density at radius 2 is 2.33 bits per heavy atom. The van der Waals surface area contributed by atoms with E-state index in [1.54, 1.807) is 12.1 Å². The lowest BCUT2D eigenvalue weighted by molar-refractivity contribution is 0.408. The molecular weight excluding hydrogens is 252 g/mol. The third-order valence-corrected chi connectivity index (χ3v) is 2.83. The van der Waals surface area contributed by atoms with E-state index in [9.17, 15) is 9.90 Å². The minimum atomic E-state index is -0.415. The van der Waals surface area contributed by atoms with E-state index in [0.29, 0.717) is 6.54 Å². The zero-order valence-electron chi connectivity index (χ0n) is 9.71. The fourth-order valence-corrected chi connectivity index (χ4v) is 1.88. The lowest BCUT2D eigenvalue weighted by Crippen LogP contribution is -2.16. The first-order valence-corrected chi connectivity index (χ1v) is 5.80. The average Bonchev–Trinajstić information content (AvgIpc) is 2.81. The van der Waals surface area contributed by atoms with Crippen LogP contribution in [0.3, 0.4) is 0 Å². The quantitative estimate of drug-likeness (QED) is 0.835. The van der Waals surface area contributed by atoms with Gasteiger partial charge in [0, 0.05) is 12.1 Å². The second-order valence-corrected chi connectivity index (χ2v) is 4.02. The van der Waals surface area contributed by atoms with Crippen LogP contribution in [0.15, 0.2) is 27.8 Å². The zero-order chi connectivity index (χ0) is 13.1. The van der Waals surface area contributed by atoms with Gasteiger partial charge in [-0.3, -0.25) is 14.3 Å². The van der Waals surface area contributed by atoms with Gasteiger partial charge in [0.15, 0.2) is 4.77 Å². The molecule has 6 heteroatoms. The third kappa shape index (κ3) is 2.28. The Morgan fingerprint density at radius 3 is 2.94 bits per heavy atom. The van der Waals surface area contributed by atoms with Crippen molar-refractivity contribution in [2.45, 2.75) is 13.5 Å². The van der Waals surface area contributed by atoms with Gasteiger partial charge in [0.25, 0.3) is 5.56 Å². The monoisotopic (exact) mass is 264 g/mol. The maximum atomic E-state index is 11.7. The van der Waals surface area contributed by atoms with Crippen molar-refractivity contribution >= 4 is 24.4 Å². The van der Waals surface area contributed by atoms with Gasteiger partial charge in [-0.2, -0.15) is 0 Å². The first-order chi connectivity index (χ1) is 8.63. The van der Waals surface area contributed by atoms with E-state index in [1.807, 2.05) is 6.92 Å². The van der Waals surface area contributed by atoms with E-state index in [1.165, 1.54) is 23.2 Å². The van der Waals surface area contributed by atoms with Crippen LogP contribution in [0.25, 0.3) is 12.2 Å². The maximum absolute atomic E-state index is 11.7. The van der Waals surface area contributed by atoms with E-state index >= 15 is 0 Å². The van der Waals surface area contributed by atoms with Gasteiger partial charge in [-0.05, 0) is 31.3 Å². The number of nitrogens with zero attached hydrogens (tertiary/aromatic N) is 1. The van der Waals surface area contributed by atoms with Gasteiger partial charge in [0.05, 0.1) is 18.1 Å². The number of hydrogen-bond acceptors (Lipinski definition) is 4. The number of H-pyrrole nitrogens is 1. The minimum absolute atomic E-state index is 0.133. The van der Waals surface area contributed by atoms with Crippen molar-refractivity contribution in [2.24, 2.45) is 0 Å². The van der Waals surface area contributed by atoms with Crippen molar-refractivity contribution in [2.75, 3.05) is 0 Å². The molecule has 0 bridgehead atoms. The Labute approximate surface area is 108 Å². The second-order valence-electron chi connectivity index (χ2n) is 3.63. The van der Waals surface area contributed by atoms with Crippen LogP contribution in [-0.2, 0) is 6.54 Å². The summed E-state index contributed by atoms with van der Waals surface area (Å²) in [6.45, 7) is 2.31. The van der Waals surface area contributed by atoms with Crippen LogP contribution in [0.5, 0.6) is 5.88 Å². The van der Waals surface area contributed by atoms with Gasteiger partial charge in [-0.25, -0.2) is 0 Å². The molecule has 5 nitrogen and oxygen atoms in total. The maximum Gasteiger partial charge on any atom is 0.262 e. The summed E-state index contributed by atoms with van der Waals surface area (Å²) < 4.78 is 6.56. The second kappa shape index (κ2) is 5.05. The lowest BCUT2D eigenvalue weighted by Gasteiger charge is -2.07. The predicted octanol–water partition coefficient (Wildman–Crippen LogP) is 2.39. The van der Waals surface area contributed by atoms with Crippen LogP contribution in [0, 0.1) is 4.77 Å². The summed E-state index contributed by atoms with van der Waals surface area (Å²) in [5.41, 5.74) is 0.563. The summed E-state index contributed by atoms with van der Waals surface area (Å²) >= 11 is 4.96. The number of aromatic nitrogens is 2. The van der Waals surface area contributed by atoms with Gasteiger partial charge >= 0.3 is 0 Å². The number of nitrogens with one attached hydrogen (secondary N) is 1. The summed E-state index contributed by atoms with van der Waals surface area (Å²) in [4.78, 5) is 14.2. The molecule has 18 heavy (non-hydrogen) atoms. The van der Waals surface area contributed by atoms with Gasteiger partial charge < -0.3 is 9.52 Å². The average molecular weight is 264 g/mol. The molecule has 0 amide bonds. The smallest absolute Gasteiger partial charge is 0.262 e. The highest BCUT2D eigenvalue weighted by molar-refractivity contribution is 7.71. The number of hydrogen-bond donors (Lipinski definition) is 2. The van der Waals surface area contributed by atoms with Crippen molar-refractivity contribution in [3.63, 3.8) is 0 Å². The first-order valence-electron chi connectivity index (χ1n) is 5.40. The number of aromatic amines is 1. The molecule has 2 aromatic heterocycles. The Hall–Kier alpha value is -2.08. The summed E-state index contributed by atoms with van der Waals surface area (Å²) in [6.07, 6.45) is 6.27. The zero-order valence-corrected chi connectivity index (χ0v) is 10.5. The molecule has 0 unspecified atom stereocenters. The first kappa shape index (κ1) is 12.4. The Balaban J connectivity index is 2.52. The lowest BCUT2D eigenvalue weighted by atomic mass is 10.2.